The van der Waals surface area contributed by atoms with Gasteiger partial charge in [0.15, 0.2) is 0 Å². The SMILES string of the molecule is COc1ccc(C2C3=C(CCN2c2cnccn2)C2=CC(Cl)=CCC2(C)N3)cc1. The second-order valence-corrected chi connectivity index (χ2v) is 8.32. The van der Waals surface area contributed by atoms with Crippen molar-refractivity contribution < 1.29 is 4.74 Å². The summed E-state index contributed by atoms with van der Waals surface area (Å²) in [6.07, 6.45) is 11.3. The van der Waals surface area contributed by atoms with Gasteiger partial charge in [0.05, 0.1) is 24.9 Å². The van der Waals surface area contributed by atoms with Crippen LogP contribution in [0.25, 0.3) is 0 Å². The summed E-state index contributed by atoms with van der Waals surface area (Å²) in [5.41, 5.74) is 5.00. The molecule has 2 aromatic rings. The zero-order chi connectivity index (χ0) is 20.0. The normalized spacial score (nSPS) is 25.6. The monoisotopic (exact) mass is 406 g/mol. The largest absolute Gasteiger partial charge is 0.497 e. The van der Waals surface area contributed by atoms with Crippen molar-refractivity contribution >= 4 is 17.4 Å². The van der Waals surface area contributed by atoms with Crippen LogP contribution in [-0.2, 0) is 0 Å². The minimum absolute atomic E-state index is 0.0310. The van der Waals surface area contributed by atoms with Gasteiger partial charge in [-0.05, 0) is 54.7 Å². The molecule has 1 N–H and O–H groups in total. The Kier molecular flexibility index (Phi) is 4.36. The molecule has 0 radical (unpaired) electrons. The molecule has 0 fully saturated rings. The molecule has 1 aromatic heterocycles. The predicted molar refractivity (Wildman–Crippen MR) is 115 cm³/mol. The number of nitrogens with zero attached hydrogens (tertiary/aromatic N) is 3. The number of fused-ring (bicyclic) bond motifs is 2. The van der Waals surface area contributed by atoms with Crippen molar-refractivity contribution in [1.82, 2.24) is 15.3 Å². The maximum atomic E-state index is 6.38. The first-order chi connectivity index (χ1) is 14.1. The van der Waals surface area contributed by atoms with Crippen LogP contribution in [0.5, 0.6) is 5.75 Å². The van der Waals surface area contributed by atoms with Crippen molar-refractivity contribution in [2.75, 3.05) is 18.6 Å². The smallest absolute Gasteiger partial charge is 0.147 e. The van der Waals surface area contributed by atoms with Crippen LogP contribution in [0, 0.1) is 0 Å². The third kappa shape index (κ3) is 3.01. The first-order valence-corrected chi connectivity index (χ1v) is 10.2. The average molecular weight is 407 g/mol. The zero-order valence-corrected chi connectivity index (χ0v) is 17.3. The molecule has 29 heavy (non-hydrogen) atoms. The van der Waals surface area contributed by atoms with Gasteiger partial charge in [-0.25, -0.2) is 4.98 Å². The lowest BCUT2D eigenvalue weighted by Crippen LogP contribution is -2.43. The van der Waals surface area contributed by atoms with E-state index in [1.165, 1.54) is 22.4 Å². The highest BCUT2D eigenvalue weighted by atomic mass is 35.5. The average Bonchev–Trinajstić information content (AvgIpc) is 3.06. The van der Waals surface area contributed by atoms with Crippen molar-refractivity contribution in [2.24, 2.45) is 0 Å². The van der Waals surface area contributed by atoms with E-state index >= 15 is 0 Å². The van der Waals surface area contributed by atoms with E-state index in [0.717, 1.165) is 36.0 Å². The van der Waals surface area contributed by atoms with Crippen LogP contribution in [0.4, 0.5) is 5.82 Å². The number of ether oxygens (including phenoxy) is 1. The number of halogens is 1. The molecular weight excluding hydrogens is 384 g/mol. The summed E-state index contributed by atoms with van der Waals surface area (Å²) in [6, 6.07) is 8.33. The van der Waals surface area contributed by atoms with Gasteiger partial charge in [0.2, 0.25) is 0 Å². The number of hydrogen-bond acceptors (Lipinski definition) is 5. The highest BCUT2D eigenvalue weighted by molar-refractivity contribution is 6.31. The Bertz CT molecular complexity index is 1030. The van der Waals surface area contributed by atoms with Crippen molar-refractivity contribution in [3.05, 3.63) is 82.4 Å². The Balaban J connectivity index is 1.64. The van der Waals surface area contributed by atoms with Crippen molar-refractivity contribution in [3.63, 3.8) is 0 Å². The Hall–Kier alpha value is -2.79. The van der Waals surface area contributed by atoms with Gasteiger partial charge in [-0.15, -0.1) is 0 Å². The maximum absolute atomic E-state index is 6.38. The quantitative estimate of drug-likeness (QED) is 0.812. The number of nitrogens with one attached hydrogen (secondary N) is 1. The fourth-order valence-electron chi connectivity index (χ4n) is 4.66. The van der Waals surface area contributed by atoms with E-state index in [9.17, 15) is 0 Å². The Morgan fingerprint density at radius 3 is 2.79 bits per heavy atom. The molecule has 2 aliphatic heterocycles. The van der Waals surface area contributed by atoms with Crippen LogP contribution in [-0.4, -0.2) is 29.2 Å². The number of benzene rings is 1. The molecule has 3 aliphatic rings. The van der Waals surface area contributed by atoms with Crippen LogP contribution < -0.4 is 15.0 Å². The van der Waals surface area contributed by atoms with E-state index in [1.54, 1.807) is 19.5 Å². The van der Waals surface area contributed by atoms with Crippen molar-refractivity contribution in [3.8, 4) is 5.75 Å². The molecule has 0 bridgehead atoms. The van der Waals surface area contributed by atoms with Crippen LogP contribution >= 0.6 is 11.6 Å². The number of hydrogen-bond donors (Lipinski definition) is 1. The molecule has 5 nitrogen and oxygen atoms in total. The highest BCUT2D eigenvalue weighted by Gasteiger charge is 2.45. The van der Waals surface area contributed by atoms with Crippen molar-refractivity contribution in [1.29, 1.82) is 0 Å². The van der Waals surface area contributed by atoms with Crippen LogP contribution in [0.2, 0.25) is 0 Å². The summed E-state index contributed by atoms with van der Waals surface area (Å²) in [7, 11) is 1.69. The number of methoxy groups -OCH3 is 1. The van der Waals surface area contributed by atoms with Crippen molar-refractivity contribution in [2.45, 2.75) is 31.3 Å². The van der Waals surface area contributed by atoms with Gasteiger partial charge in [0, 0.05) is 29.7 Å². The van der Waals surface area contributed by atoms with Crippen LogP contribution in [0.1, 0.15) is 31.4 Å². The van der Waals surface area contributed by atoms with Gasteiger partial charge in [-0.1, -0.05) is 29.8 Å². The lowest BCUT2D eigenvalue weighted by Gasteiger charge is -2.38. The molecule has 0 saturated carbocycles. The molecule has 5 rings (SSSR count). The number of rotatable bonds is 3. The first kappa shape index (κ1) is 18.3. The van der Waals surface area contributed by atoms with Gasteiger partial charge in [0.1, 0.15) is 11.6 Å². The molecule has 1 aromatic carbocycles. The first-order valence-electron chi connectivity index (χ1n) is 9.85. The standard InChI is InChI=1S/C23H23ClN4O/c1-23-9-7-16(24)13-19(23)18-8-12-28(20-14-25-10-11-26-20)22(21(18)27-23)15-3-5-17(29-2)6-4-15/h3-7,10-11,13-14,22,27H,8-9,12H2,1-2H3. The van der Waals surface area contributed by atoms with E-state index < -0.39 is 0 Å². The molecule has 2 unspecified atom stereocenters. The molecule has 2 atom stereocenters. The fraction of sp³-hybridized carbons (Fsp3) is 0.304. The molecule has 1 aliphatic carbocycles. The lowest BCUT2D eigenvalue weighted by atomic mass is 9.82. The predicted octanol–water partition coefficient (Wildman–Crippen LogP) is 4.51. The van der Waals surface area contributed by atoms with E-state index in [2.05, 4.69) is 51.4 Å². The zero-order valence-electron chi connectivity index (χ0n) is 16.5. The van der Waals surface area contributed by atoms with Gasteiger partial charge < -0.3 is 15.0 Å². The Morgan fingerprint density at radius 1 is 1.24 bits per heavy atom. The highest BCUT2D eigenvalue weighted by Crippen LogP contribution is 2.49. The summed E-state index contributed by atoms with van der Waals surface area (Å²) in [4.78, 5) is 11.2. The molecular formula is C23H23ClN4O. The molecule has 0 saturated heterocycles. The van der Waals surface area contributed by atoms with E-state index in [0.29, 0.717) is 0 Å². The maximum Gasteiger partial charge on any atom is 0.147 e. The number of aromatic nitrogens is 2. The van der Waals surface area contributed by atoms with E-state index in [-0.39, 0.29) is 11.6 Å². The second kappa shape index (κ2) is 6.92. The van der Waals surface area contributed by atoms with Crippen LogP contribution in [0.15, 0.2) is 76.9 Å². The van der Waals surface area contributed by atoms with Crippen LogP contribution in [0.3, 0.4) is 0 Å². The summed E-state index contributed by atoms with van der Waals surface area (Å²) >= 11 is 6.38. The molecule has 0 amide bonds. The fourth-order valence-corrected chi connectivity index (χ4v) is 4.85. The topological polar surface area (TPSA) is 50.3 Å². The Labute approximate surface area is 175 Å². The molecule has 3 heterocycles. The van der Waals surface area contributed by atoms with Gasteiger partial charge in [-0.3, -0.25) is 4.98 Å². The third-order valence-corrected chi connectivity index (χ3v) is 6.37. The lowest BCUT2D eigenvalue weighted by molar-refractivity contribution is 0.414. The van der Waals surface area contributed by atoms with Gasteiger partial charge >= 0.3 is 0 Å². The molecule has 0 spiro atoms. The minimum Gasteiger partial charge on any atom is -0.497 e. The molecule has 148 valence electrons. The third-order valence-electron chi connectivity index (χ3n) is 6.11. The second-order valence-electron chi connectivity index (χ2n) is 7.88. The minimum atomic E-state index is -0.119. The summed E-state index contributed by atoms with van der Waals surface area (Å²) in [5, 5.41) is 4.68. The van der Waals surface area contributed by atoms with Gasteiger partial charge in [0.25, 0.3) is 0 Å². The number of allylic oxidation sites excluding steroid dienone is 2. The van der Waals surface area contributed by atoms with Gasteiger partial charge in [-0.2, -0.15) is 0 Å². The Morgan fingerprint density at radius 2 is 2.07 bits per heavy atom. The summed E-state index contributed by atoms with van der Waals surface area (Å²) < 4.78 is 5.37. The molecule has 6 heteroatoms. The van der Waals surface area contributed by atoms with E-state index in [1.807, 2.05) is 18.3 Å². The number of anilines is 1. The summed E-state index contributed by atoms with van der Waals surface area (Å²) in [5.74, 6) is 1.73. The summed E-state index contributed by atoms with van der Waals surface area (Å²) in [6.45, 7) is 3.12. The van der Waals surface area contributed by atoms with E-state index in [4.69, 9.17) is 16.3 Å².